The molecule has 3 aromatic carbocycles. The second-order valence-electron chi connectivity index (χ2n) is 9.06. The van der Waals surface area contributed by atoms with E-state index in [1.54, 1.807) is 47.8 Å². The van der Waals surface area contributed by atoms with Gasteiger partial charge in [-0.2, -0.15) is 46.1 Å². The van der Waals surface area contributed by atoms with Crippen molar-refractivity contribution in [1.82, 2.24) is 4.98 Å². The van der Waals surface area contributed by atoms with Crippen molar-refractivity contribution in [2.45, 2.75) is 11.7 Å². The predicted molar refractivity (Wildman–Crippen MR) is 151 cm³/mol. The van der Waals surface area contributed by atoms with Crippen molar-refractivity contribution in [3.63, 3.8) is 0 Å². The highest BCUT2D eigenvalue weighted by Gasteiger charge is 2.49. The molecule has 2 heterocycles. The van der Waals surface area contributed by atoms with Crippen molar-refractivity contribution >= 4 is 21.5 Å². The maximum Gasteiger partial charge on any atom is 0.534 e. The largest absolute Gasteiger partial charge is 0.534 e. The highest BCUT2D eigenvalue weighted by atomic mass is 32.2. The number of alkyl halides is 6. The molecule has 0 aliphatic carbocycles. The van der Waals surface area contributed by atoms with Gasteiger partial charge in [-0.15, -0.1) is 0 Å². The third-order valence-corrected chi connectivity index (χ3v) is 7.96. The van der Waals surface area contributed by atoms with E-state index in [2.05, 4.69) is 4.98 Å². The normalized spacial score (nSPS) is 12.3. The quantitative estimate of drug-likeness (QED) is 0.101. The number of benzene rings is 3. The zero-order valence-corrected chi connectivity index (χ0v) is 23.5. The highest BCUT2D eigenvalue weighted by molar-refractivity contribution is 7.88. The molecule has 13 heteroatoms. The molecule has 5 aromatic rings. The molecule has 0 saturated carbocycles. The van der Waals surface area contributed by atoms with Gasteiger partial charge in [0.15, 0.2) is 5.75 Å². The van der Waals surface area contributed by atoms with E-state index in [-0.39, 0.29) is 39.2 Å². The van der Waals surface area contributed by atoms with Crippen molar-refractivity contribution in [3.05, 3.63) is 101 Å². The smallest absolute Gasteiger partial charge is 0.497 e. The Morgan fingerprint density at radius 1 is 0.721 bits per heavy atom. The predicted octanol–water partition coefficient (Wildman–Crippen LogP) is 9.07. The molecule has 0 N–H and O–H groups in total. The van der Waals surface area contributed by atoms with Gasteiger partial charge in [0.1, 0.15) is 11.4 Å². The van der Waals surface area contributed by atoms with Crippen LogP contribution in [0.4, 0.5) is 26.3 Å². The topological polar surface area (TPSA) is 65.5 Å². The number of nitrogens with zero attached hydrogens (tertiary/aromatic N) is 1. The van der Waals surface area contributed by atoms with Crippen LogP contribution in [0.1, 0.15) is 5.56 Å². The molecule has 43 heavy (non-hydrogen) atoms. The van der Waals surface area contributed by atoms with Crippen LogP contribution in [0.15, 0.2) is 95.7 Å². The number of thiophene rings is 1. The van der Waals surface area contributed by atoms with E-state index in [1.807, 2.05) is 0 Å². The Morgan fingerprint density at radius 3 is 1.95 bits per heavy atom. The first kappa shape index (κ1) is 30.1. The molecule has 2 aromatic heterocycles. The molecule has 0 fully saturated rings. The van der Waals surface area contributed by atoms with Crippen LogP contribution in [0.5, 0.6) is 11.5 Å². The van der Waals surface area contributed by atoms with Crippen molar-refractivity contribution in [2.24, 2.45) is 0 Å². The molecule has 0 aliphatic rings. The number of hydrogen-bond acceptors (Lipinski definition) is 6. The van der Waals surface area contributed by atoms with Gasteiger partial charge in [-0.3, -0.25) is 0 Å². The van der Waals surface area contributed by atoms with Crippen LogP contribution >= 0.6 is 11.3 Å². The van der Waals surface area contributed by atoms with Crippen LogP contribution in [-0.4, -0.2) is 26.0 Å². The second kappa shape index (κ2) is 11.4. The molecule has 0 atom stereocenters. The summed E-state index contributed by atoms with van der Waals surface area (Å²) in [6.07, 6.45) is -4.75. The van der Waals surface area contributed by atoms with E-state index in [0.29, 0.717) is 11.3 Å². The maximum atomic E-state index is 13.8. The average molecular weight is 636 g/mol. The van der Waals surface area contributed by atoms with Gasteiger partial charge in [0.05, 0.1) is 18.4 Å². The number of ether oxygens (including phenoxy) is 1. The number of aromatic nitrogens is 1. The zero-order chi connectivity index (χ0) is 31.0. The van der Waals surface area contributed by atoms with Crippen LogP contribution < -0.4 is 8.92 Å². The van der Waals surface area contributed by atoms with Crippen LogP contribution in [0, 0.1) is 0 Å². The van der Waals surface area contributed by atoms with Crippen molar-refractivity contribution in [1.29, 1.82) is 0 Å². The molecule has 0 saturated heterocycles. The zero-order valence-electron chi connectivity index (χ0n) is 21.9. The fourth-order valence-electron chi connectivity index (χ4n) is 4.37. The van der Waals surface area contributed by atoms with Gasteiger partial charge in [0.25, 0.3) is 0 Å². The number of rotatable bonds is 7. The van der Waals surface area contributed by atoms with E-state index in [0.717, 1.165) is 29.5 Å². The summed E-state index contributed by atoms with van der Waals surface area (Å²) >= 11 is 1.14. The molecule has 5 rings (SSSR count). The standard InChI is InChI=1S/C30H19F6NO4S2/c1-40-23-12-10-19(11-13-23)26-24(20-8-5-9-22(16-20)29(31,32)33)25(21-14-15-42-17-21)28(41-43(38,39)30(34,35)36)27(37-26)18-6-3-2-4-7-18/h2-17H,1H3. The van der Waals surface area contributed by atoms with Crippen molar-refractivity contribution in [3.8, 4) is 56.3 Å². The third kappa shape index (κ3) is 6.09. The fourth-order valence-corrected chi connectivity index (χ4v) is 5.49. The highest BCUT2D eigenvalue weighted by Crippen LogP contribution is 2.50. The fraction of sp³-hybridized carbons (Fsp3) is 0.100. The van der Waals surface area contributed by atoms with E-state index in [1.165, 1.54) is 36.8 Å². The lowest BCUT2D eigenvalue weighted by molar-refractivity contribution is -0.137. The lowest BCUT2D eigenvalue weighted by Gasteiger charge is -2.22. The minimum atomic E-state index is -6.24. The first-order valence-corrected chi connectivity index (χ1v) is 14.6. The molecule has 0 bridgehead atoms. The molecule has 222 valence electrons. The minimum Gasteiger partial charge on any atom is -0.497 e. The van der Waals surface area contributed by atoms with Crippen LogP contribution in [0.2, 0.25) is 0 Å². The Bertz CT molecular complexity index is 1850. The van der Waals surface area contributed by atoms with Gasteiger partial charge < -0.3 is 8.92 Å². The van der Waals surface area contributed by atoms with Crippen LogP contribution in [0.25, 0.3) is 44.8 Å². The lowest BCUT2D eigenvalue weighted by Crippen LogP contribution is -2.28. The Morgan fingerprint density at radius 2 is 1.37 bits per heavy atom. The monoisotopic (exact) mass is 635 g/mol. The van der Waals surface area contributed by atoms with E-state index in [4.69, 9.17) is 8.92 Å². The molecular formula is C30H19F6NO4S2. The van der Waals surface area contributed by atoms with Crippen molar-refractivity contribution in [2.75, 3.05) is 7.11 Å². The van der Waals surface area contributed by atoms with Crippen molar-refractivity contribution < 1.29 is 43.7 Å². The molecule has 0 aliphatic heterocycles. The summed E-state index contributed by atoms with van der Waals surface area (Å²) in [6, 6.07) is 19.7. The number of halogens is 6. The SMILES string of the molecule is COc1ccc(-c2nc(-c3ccccc3)c(OS(=O)(=O)C(F)(F)F)c(-c3ccsc3)c2-c2cccc(C(F)(F)F)c2)cc1. The van der Waals surface area contributed by atoms with Gasteiger partial charge >= 0.3 is 21.8 Å². The summed E-state index contributed by atoms with van der Waals surface area (Å²) in [5.74, 6) is -0.325. The van der Waals surface area contributed by atoms with E-state index >= 15 is 0 Å². The molecular weight excluding hydrogens is 616 g/mol. The average Bonchev–Trinajstić information content (AvgIpc) is 3.51. The molecule has 0 spiro atoms. The molecule has 0 radical (unpaired) electrons. The summed E-state index contributed by atoms with van der Waals surface area (Å²) in [6.45, 7) is 0. The van der Waals surface area contributed by atoms with E-state index < -0.39 is 33.1 Å². The first-order valence-electron chi connectivity index (χ1n) is 12.3. The molecule has 0 amide bonds. The summed E-state index contributed by atoms with van der Waals surface area (Å²) in [5, 5.41) is 3.11. The minimum absolute atomic E-state index is 0.0678. The Hall–Kier alpha value is -4.36. The number of hydrogen-bond donors (Lipinski definition) is 0. The van der Waals surface area contributed by atoms with Crippen LogP contribution in [-0.2, 0) is 16.3 Å². The van der Waals surface area contributed by atoms with Crippen LogP contribution in [0.3, 0.4) is 0 Å². The summed E-state index contributed by atoms with van der Waals surface area (Å²) in [7, 11) is -4.80. The number of pyridine rings is 1. The lowest BCUT2D eigenvalue weighted by atomic mass is 9.89. The summed E-state index contributed by atoms with van der Waals surface area (Å²) in [4.78, 5) is 4.60. The van der Waals surface area contributed by atoms with Gasteiger partial charge in [0.2, 0.25) is 0 Å². The Labute approximate surface area is 246 Å². The Kier molecular flexibility index (Phi) is 7.97. The Balaban J connectivity index is 1.98. The molecule has 0 unspecified atom stereocenters. The second-order valence-corrected chi connectivity index (χ2v) is 11.4. The van der Waals surface area contributed by atoms with Gasteiger partial charge in [-0.05, 0) is 64.4 Å². The first-order chi connectivity index (χ1) is 20.3. The van der Waals surface area contributed by atoms with E-state index in [9.17, 15) is 34.8 Å². The maximum absolute atomic E-state index is 13.8. The molecule has 5 nitrogen and oxygen atoms in total. The summed E-state index contributed by atoms with van der Waals surface area (Å²) < 4.78 is 117. The van der Waals surface area contributed by atoms with Gasteiger partial charge in [-0.1, -0.05) is 42.5 Å². The summed E-state index contributed by atoms with van der Waals surface area (Å²) in [5.41, 5.74) is -6.59. The third-order valence-electron chi connectivity index (χ3n) is 6.33. The van der Waals surface area contributed by atoms with Gasteiger partial charge in [0, 0.05) is 22.3 Å². The number of methoxy groups -OCH3 is 1. The van der Waals surface area contributed by atoms with Gasteiger partial charge in [-0.25, -0.2) is 4.98 Å².